The Morgan fingerprint density at radius 3 is 2.14 bits per heavy atom. The van der Waals surface area contributed by atoms with Gasteiger partial charge in [0.05, 0.1) is 34.8 Å². The van der Waals surface area contributed by atoms with Crippen LogP contribution in [0.3, 0.4) is 0 Å². The van der Waals surface area contributed by atoms with E-state index < -0.39 is 0 Å². The number of nitrogens with zero attached hydrogens (tertiary/aromatic N) is 3. The molecule has 1 aliphatic heterocycles. The van der Waals surface area contributed by atoms with Crippen LogP contribution in [0.5, 0.6) is 5.75 Å². The molecule has 1 saturated heterocycles. The molecular formula is C29H27Cl2N3O2. The summed E-state index contributed by atoms with van der Waals surface area (Å²) in [5.41, 5.74) is 5.31. The van der Waals surface area contributed by atoms with Gasteiger partial charge in [-0.2, -0.15) is 0 Å². The number of benzene rings is 3. The molecule has 1 amide bonds. The van der Waals surface area contributed by atoms with Gasteiger partial charge in [-0.25, -0.2) is 0 Å². The molecule has 2 heterocycles. The summed E-state index contributed by atoms with van der Waals surface area (Å²) in [4.78, 5) is 17.9. The second-order valence-electron chi connectivity index (χ2n) is 8.77. The quantitative estimate of drug-likeness (QED) is 0.293. The predicted octanol–water partition coefficient (Wildman–Crippen LogP) is 6.73. The molecule has 184 valence electrons. The Bertz CT molecular complexity index is 1390. The van der Waals surface area contributed by atoms with Gasteiger partial charge in [-0.15, -0.1) is 0 Å². The number of anilines is 1. The number of rotatable bonds is 5. The van der Waals surface area contributed by atoms with Crippen LogP contribution >= 0.6 is 23.2 Å². The van der Waals surface area contributed by atoms with E-state index in [4.69, 9.17) is 27.9 Å². The van der Waals surface area contributed by atoms with Crippen molar-refractivity contribution in [1.29, 1.82) is 0 Å². The maximum Gasteiger partial charge on any atom is 0.255 e. The summed E-state index contributed by atoms with van der Waals surface area (Å²) in [6.07, 6.45) is 0. The van der Waals surface area contributed by atoms with Gasteiger partial charge >= 0.3 is 0 Å². The van der Waals surface area contributed by atoms with E-state index in [9.17, 15) is 4.79 Å². The van der Waals surface area contributed by atoms with Crippen LogP contribution in [0.1, 0.15) is 16.1 Å². The fraction of sp³-hybridized carbons (Fsp3) is 0.207. The molecule has 0 bridgehead atoms. The number of ether oxygens (including phenoxy) is 1. The minimum atomic E-state index is 0.0233. The van der Waals surface area contributed by atoms with Crippen molar-refractivity contribution in [3.05, 3.63) is 100 Å². The number of halogens is 2. The number of hydrogen-bond donors (Lipinski definition) is 0. The normalized spacial score (nSPS) is 13.7. The van der Waals surface area contributed by atoms with Crippen molar-refractivity contribution in [3.63, 3.8) is 0 Å². The number of carbonyl (C=O) groups is 1. The first-order valence-electron chi connectivity index (χ1n) is 11.9. The van der Waals surface area contributed by atoms with Crippen molar-refractivity contribution in [2.75, 3.05) is 38.2 Å². The first-order valence-corrected chi connectivity index (χ1v) is 12.6. The highest BCUT2D eigenvalue weighted by atomic mass is 35.5. The average molecular weight is 520 g/mol. The van der Waals surface area contributed by atoms with Gasteiger partial charge in [-0.05, 0) is 55.0 Å². The van der Waals surface area contributed by atoms with Crippen LogP contribution in [-0.4, -0.2) is 48.7 Å². The Hall–Kier alpha value is -3.41. The molecule has 0 N–H and O–H groups in total. The Morgan fingerprint density at radius 1 is 0.833 bits per heavy atom. The number of amides is 1. The largest absolute Gasteiger partial charge is 0.495 e. The van der Waals surface area contributed by atoms with Crippen molar-refractivity contribution in [1.82, 2.24) is 9.47 Å². The van der Waals surface area contributed by atoms with E-state index in [1.54, 1.807) is 7.11 Å². The van der Waals surface area contributed by atoms with Crippen LogP contribution < -0.4 is 9.64 Å². The van der Waals surface area contributed by atoms with Gasteiger partial charge in [0.1, 0.15) is 5.75 Å². The number of aromatic nitrogens is 1. The van der Waals surface area contributed by atoms with Gasteiger partial charge in [0.15, 0.2) is 0 Å². The maximum atomic E-state index is 13.8. The number of hydrogen-bond acceptors (Lipinski definition) is 3. The summed E-state index contributed by atoms with van der Waals surface area (Å²) in [6.45, 7) is 4.69. The van der Waals surface area contributed by atoms with E-state index in [0.717, 1.165) is 52.2 Å². The Balaban J connectivity index is 1.49. The second kappa shape index (κ2) is 10.3. The van der Waals surface area contributed by atoms with Crippen molar-refractivity contribution in [2.45, 2.75) is 6.92 Å². The number of carbonyl (C=O) groups excluding carboxylic acids is 1. The highest BCUT2D eigenvalue weighted by Gasteiger charge is 2.27. The van der Waals surface area contributed by atoms with Crippen molar-refractivity contribution >= 4 is 34.8 Å². The van der Waals surface area contributed by atoms with Gasteiger partial charge in [0.2, 0.25) is 0 Å². The molecule has 36 heavy (non-hydrogen) atoms. The lowest BCUT2D eigenvalue weighted by molar-refractivity contribution is 0.0746. The Labute approximate surface area is 221 Å². The Morgan fingerprint density at radius 2 is 1.47 bits per heavy atom. The predicted molar refractivity (Wildman–Crippen MR) is 147 cm³/mol. The van der Waals surface area contributed by atoms with Gasteiger partial charge in [-0.3, -0.25) is 4.79 Å². The monoisotopic (exact) mass is 519 g/mol. The molecule has 1 aromatic heterocycles. The maximum absolute atomic E-state index is 13.8. The molecule has 7 heteroatoms. The highest BCUT2D eigenvalue weighted by Crippen LogP contribution is 2.35. The molecule has 1 aliphatic rings. The average Bonchev–Trinajstić information content (AvgIpc) is 3.25. The number of methoxy groups -OCH3 is 1. The lowest BCUT2D eigenvalue weighted by Gasteiger charge is -2.36. The molecule has 1 fully saturated rings. The zero-order valence-corrected chi connectivity index (χ0v) is 21.8. The first-order chi connectivity index (χ1) is 17.5. The first kappa shape index (κ1) is 24.3. The molecule has 4 aromatic rings. The third kappa shape index (κ3) is 4.57. The smallest absolute Gasteiger partial charge is 0.255 e. The van der Waals surface area contributed by atoms with E-state index in [0.29, 0.717) is 23.7 Å². The van der Waals surface area contributed by atoms with Crippen molar-refractivity contribution in [3.8, 4) is 22.7 Å². The van der Waals surface area contributed by atoms with Crippen LogP contribution in [0, 0.1) is 6.92 Å². The van der Waals surface area contributed by atoms with Gasteiger partial charge in [0, 0.05) is 36.9 Å². The zero-order valence-electron chi connectivity index (χ0n) is 20.2. The third-order valence-corrected chi connectivity index (χ3v) is 7.28. The number of para-hydroxylation sites is 3. The summed E-state index contributed by atoms with van der Waals surface area (Å²) < 4.78 is 7.75. The van der Waals surface area contributed by atoms with Crippen molar-refractivity contribution < 1.29 is 9.53 Å². The minimum Gasteiger partial charge on any atom is -0.495 e. The lowest BCUT2D eigenvalue weighted by atomic mass is 10.1. The van der Waals surface area contributed by atoms with E-state index >= 15 is 0 Å². The summed E-state index contributed by atoms with van der Waals surface area (Å²) >= 11 is 12.6. The highest BCUT2D eigenvalue weighted by molar-refractivity contribution is 6.33. The molecule has 0 aliphatic carbocycles. The molecule has 5 nitrogen and oxygen atoms in total. The van der Waals surface area contributed by atoms with Gasteiger partial charge in [0.25, 0.3) is 5.91 Å². The molecule has 5 rings (SSSR count). The topological polar surface area (TPSA) is 37.7 Å². The summed E-state index contributed by atoms with van der Waals surface area (Å²) in [5.74, 6) is 0.758. The standard InChI is InChI=1S/C29H27Cl2N3O2/c1-20-23(29(35)33-17-15-32(16-18-33)25-8-4-3-7-24(25)31)19-27(21-11-13-22(30)14-12-21)34(20)26-9-5-6-10-28(26)36-2/h3-14,19H,15-18H2,1-2H3. The number of piperazine rings is 1. The van der Waals surface area contributed by atoms with E-state index in [2.05, 4.69) is 9.47 Å². The fourth-order valence-electron chi connectivity index (χ4n) is 4.81. The molecule has 0 radical (unpaired) electrons. The minimum absolute atomic E-state index is 0.0233. The molecule has 0 saturated carbocycles. The molecule has 3 aromatic carbocycles. The SMILES string of the molecule is COc1ccccc1-n1c(-c2ccc(Cl)cc2)cc(C(=O)N2CCN(c3ccccc3Cl)CC2)c1C. The molecule has 0 atom stereocenters. The van der Waals surface area contributed by atoms with Gasteiger partial charge < -0.3 is 19.1 Å². The summed E-state index contributed by atoms with van der Waals surface area (Å²) in [5, 5.41) is 1.40. The van der Waals surface area contributed by atoms with Crippen LogP contribution in [0.4, 0.5) is 5.69 Å². The fourth-order valence-corrected chi connectivity index (χ4v) is 5.19. The molecular weight excluding hydrogens is 493 g/mol. The summed E-state index contributed by atoms with van der Waals surface area (Å²) in [7, 11) is 1.66. The van der Waals surface area contributed by atoms with Crippen LogP contribution in [0.2, 0.25) is 10.0 Å². The van der Waals surface area contributed by atoms with Crippen molar-refractivity contribution in [2.24, 2.45) is 0 Å². The van der Waals surface area contributed by atoms with E-state index in [1.165, 1.54) is 0 Å². The van der Waals surface area contributed by atoms with Crippen LogP contribution in [0.25, 0.3) is 16.9 Å². The second-order valence-corrected chi connectivity index (χ2v) is 9.62. The molecule has 0 unspecified atom stereocenters. The lowest BCUT2D eigenvalue weighted by Crippen LogP contribution is -2.49. The molecule has 0 spiro atoms. The van der Waals surface area contributed by atoms with E-state index in [1.807, 2.05) is 90.7 Å². The van der Waals surface area contributed by atoms with E-state index in [-0.39, 0.29) is 5.91 Å². The van der Waals surface area contributed by atoms with Crippen LogP contribution in [-0.2, 0) is 0 Å². The third-order valence-electron chi connectivity index (χ3n) is 6.70. The zero-order chi connectivity index (χ0) is 25.2. The van der Waals surface area contributed by atoms with Crippen LogP contribution in [0.15, 0.2) is 78.9 Å². The Kier molecular flexibility index (Phi) is 6.95. The summed E-state index contributed by atoms with van der Waals surface area (Å²) in [6, 6.07) is 25.3. The van der Waals surface area contributed by atoms with Gasteiger partial charge in [-0.1, -0.05) is 59.6 Å².